The first kappa shape index (κ1) is 16.5. The van der Waals surface area contributed by atoms with E-state index in [1.807, 2.05) is 47.2 Å². The first-order valence-corrected chi connectivity index (χ1v) is 8.50. The Labute approximate surface area is 150 Å². The predicted molar refractivity (Wildman–Crippen MR) is 94.0 cm³/mol. The minimum absolute atomic E-state index is 0.0933. The number of halogens is 1. The smallest absolute Gasteiger partial charge is 0.342 e. The van der Waals surface area contributed by atoms with Crippen LogP contribution in [0, 0.1) is 6.92 Å². The van der Waals surface area contributed by atoms with Gasteiger partial charge in [0.25, 0.3) is 5.22 Å². The molecule has 0 amide bonds. The summed E-state index contributed by atoms with van der Waals surface area (Å²) in [6.07, 6.45) is 3.45. The summed E-state index contributed by atoms with van der Waals surface area (Å²) in [5, 5.41) is 17.2. The summed E-state index contributed by atoms with van der Waals surface area (Å²) in [4.78, 5) is 11.6. The van der Waals surface area contributed by atoms with E-state index in [2.05, 4.69) is 26.1 Å². The normalized spacial score (nSPS) is 11.7. The molecule has 0 spiro atoms. The summed E-state index contributed by atoms with van der Waals surface area (Å²) in [7, 11) is 0. The number of aliphatic carboxylic acids is 1. The number of carboxylic acid groups (broad SMARTS) is 1. The van der Waals surface area contributed by atoms with Gasteiger partial charge < -0.3 is 14.1 Å². The molecule has 0 aliphatic heterocycles. The molecule has 0 atom stereocenters. The monoisotopic (exact) mass is 405 g/mol. The van der Waals surface area contributed by atoms with Crippen molar-refractivity contribution in [3.63, 3.8) is 0 Å². The molecular formula is C16H12BrN3O3S. The van der Waals surface area contributed by atoms with E-state index in [-0.39, 0.29) is 10.1 Å². The topological polar surface area (TPSA) is 81.2 Å². The fourth-order valence-corrected chi connectivity index (χ4v) is 2.99. The van der Waals surface area contributed by atoms with Crippen molar-refractivity contribution >= 4 is 39.7 Å². The number of aryl methyl sites for hydroxylation is 1. The molecule has 1 aromatic carbocycles. The third-order valence-corrected chi connectivity index (χ3v) is 4.46. The molecule has 3 rings (SSSR count). The van der Waals surface area contributed by atoms with Gasteiger partial charge in [0, 0.05) is 29.0 Å². The van der Waals surface area contributed by atoms with Gasteiger partial charge in [0.05, 0.1) is 0 Å². The maximum absolute atomic E-state index is 11.5. The molecule has 0 unspecified atom stereocenters. The lowest BCUT2D eigenvalue weighted by Gasteiger charge is -2.07. The molecule has 0 radical (unpaired) electrons. The van der Waals surface area contributed by atoms with Gasteiger partial charge in [-0.05, 0) is 54.2 Å². The Balaban J connectivity index is 1.95. The standard InChI is InChI=1S/C16H12BrN3O3S/c1-10-18-19-16(23-10)24-14(15(21)22)9-13-3-2-8-20(13)12-6-4-11(17)5-7-12/h2-9H,1H3,(H,21,22)/b14-9-. The van der Waals surface area contributed by atoms with E-state index < -0.39 is 5.97 Å². The van der Waals surface area contributed by atoms with Gasteiger partial charge in [-0.2, -0.15) is 0 Å². The number of benzene rings is 1. The van der Waals surface area contributed by atoms with Crippen molar-refractivity contribution in [2.24, 2.45) is 0 Å². The number of thioether (sulfide) groups is 1. The van der Waals surface area contributed by atoms with E-state index in [0.717, 1.165) is 27.6 Å². The molecule has 0 bridgehead atoms. The Bertz CT molecular complexity index is 899. The molecule has 0 aliphatic carbocycles. The Morgan fingerprint density at radius 2 is 2.04 bits per heavy atom. The van der Waals surface area contributed by atoms with Crippen LogP contribution in [0.5, 0.6) is 0 Å². The molecule has 24 heavy (non-hydrogen) atoms. The molecule has 0 fully saturated rings. The number of aromatic nitrogens is 3. The second-order valence-electron chi connectivity index (χ2n) is 4.78. The zero-order valence-corrected chi connectivity index (χ0v) is 14.9. The van der Waals surface area contributed by atoms with E-state index in [0.29, 0.717) is 5.89 Å². The second kappa shape index (κ2) is 7.06. The van der Waals surface area contributed by atoms with Crippen molar-refractivity contribution in [3.8, 4) is 5.69 Å². The minimum Gasteiger partial charge on any atom is -0.477 e. The van der Waals surface area contributed by atoms with E-state index in [1.165, 1.54) is 0 Å². The first-order chi connectivity index (χ1) is 11.5. The number of carbonyl (C=O) groups is 1. The average Bonchev–Trinajstić information content (AvgIpc) is 3.16. The highest BCUT2D eigenvalue weighted by molar-refractivity contribution is 9.10. The van der Waals surface area contributed by atoms with Crippen LogP contribution in [-0.2, 0) is 4.79 Å². The van der Waals surface area contributed by atoms with Gasteiger partial charge in [-0.3, -0.25) is 0 Å². The average molecular weight is 406 g/mol. The van der Waals surface area contributed by atoms with E-state index in [9.17, 15) is 9.90 Å². The van der Waals surface area contributed by atoms with E-state index in [4.69, 9.17) is 4.42 Å². The van der Waals surface area contributed by atoms with Crippen LogP contribution in [0.3, 0.4) is 0 Å². The van der Waals surface area contributed by atoms with E-state index in [1.54, 1.807) is 13.0 Å². The number of hydrogen-bond donors (Lipinski definition) is 1. The lowest BCUT2D eigenvalue weighted by molar-refractivity contribution is -0.131. The van der Waals surface area contributed by atoms with Crippen molar-refractivity contribution in [2.75, 3.05) is 0 Å². The molecule has 3 aromatic rings. The van der Waals surface area contributed by atoms with Gasteiger partial charge in [-0.15, -0.1) is 10.2 Å². The third-order valence-electron chi connectivity index (χ3n) is 3.08. The highest BCUT2D eigenvalue weighted by Crippen LogP contribution is 2.28. The Morgan fingerprint density at radius 1 is 1.29 bits per heavy atom. The van der Waals surface area contributed by atoms with Crippen molar-refractivity contribution in [1.82, 2.24) is 14.8 Å². The summed E-state index contributed by atoms with van der Waals surface area (Å²) in [6, 6.07) is 11.4. The van der Waals surface area contributed by atoms with Crippen LogP contribution < -0.4 is 0 Å². The highest BCUT2D eigenvalue weighted by Gasteiger charge is 2.15. The molecule has 122 valence electrons. The Kier molecular flexibility index (Phi) is 4.86. The summed E-state index contributed by atoms with van der Waals surface area (Å²) in [5.41, 5.74) is 1.66. The summed E-state index contributed by atoms with van der Waals surface area (Å²) < 4.78 is 8.11. The second-order valence-corrected chi connectivity index (χ2v) is 6.69. The molecular weight excluding hydrogens is 394 g/mol. The van der Waals surface area contributed by atoms with Gasteiger partial charge in [0.1, 0.15) is 4.91 Å². The molecule has 6 nitrogen and oxygen atoms in total. The molecule has 1 N–H and O–H groups in total. The Hall–Kier alpha value is -2.32. The molecule has 0 saturated heterocycles. The zero-order valence-electron chi connectivity index (χ0n) is 12.5. The van der Waals surface area contributed by atoms with Gasteiger partial charge in [-0.25, -0.2) is 4.79 Å². The summed E-state index contributed by atoms with van der Waals surface area (Å²) in [6.45, 7) is 1.65. The van der Waals surface area contributed by atoms with Gasteiger partial charge >= 0.3 is 5.97 Å². The zero-order chi connectivity index (χ0) is 17.1. The number of nitrogens with zero attached hydrogens (tertiary/aromatic N) is 3. The van der Waals surface area contributed by atoms with Crippen LogP contribution in [0.1, 0.15) is 11.6 Å². The van der Waals surface area contributed by atoms with Crippen LogP contribution in [0.4, 0.5) is 0 Å². The number of hydrogen-bond acceptors (Lipinski definition) is 5. The molecule has 2 heterocycles. The highest BCUT2D eigenvalue weighted by atomic mass is 79.9. The van der Waals surface area contributed by atoms with E-state index >= 15 is 0 Å². The van der Waals surface area contributed by atoms with Crippen molar-refractivity contribution in [3.05, 3.63) is 63.6 Å². The minimum atomic E-state index is -1.06. The van der Waals surface area contributed by atoms with Crippen molar-refractivity contribution in [1.29, 1.82) is 0 Å². The van der Waals surface area contributed by atoms with Crippen LogP contribution in [-0.4, -0.2) is 25.8 Å². The fourth-order valence-electron chi connectivity index (χ4n) is 2.03. The lowest BCUT2D eigenvalue weighted by atomic mass is 10.3. The molecule has 8 heteroatoms. The van der Waals surface area contributed by atoms with Crippen LogP contribution >= 0.6 is 27.7 Å². The fraction of sp³-hybridized carbons (Fsp3) is 0.0625. The van der Waals surface area contributed by atoms with Crippen LogP contribution in [0.25, 0.3) is 11.8 Å². The third kappa shape index (κ3) is 3.77. The van der Waals surface area contributed by atoms with Crippen molar-refractivity contribution in [2.45, 2.75) is 12.1 Å². The number of rotatable bonds is 5. The lowest BCUT2D eigenvalue weighted by Crippen LogP contribution is -1.99. The van der Waals surface area contributed by atoms with Gasteiger partial charge in [0.2, 0.25) is 5.89 Å². The quantitative estimate of drug-likeness (QED) is 0.507. The maximum atomic E-state index is 11.5. The van der Waals surface area contributed by atoms with Crippen LogP contribution in [0.15, 0.2) is 61.6 Å². The largest absolute Gasteiger partial charge is 0.477 e. The van der Waals surface area contributed by atoms with Gasteiger partial charge in [-0.1, -0.05) is 15.9 Å². The van der Waals surface area contributed by atoms with Gasteiger partial charge in [0.15, 0.2) is 0 Å². The predicted octanol–water partition coefficient (Wildman–Crippen LogP) is 4.15. The SMILES string of the molecule is Cc1nnc(S/C(=C\c2cccn2-c2ccc(Br)cc2)C(=O)O)o1. The first-order valence-electron chi connectivity index (χ1n) is 6.89. The molecule has 0 aliphatic rings. The Morgan fingerprint density at radius 3 is 2.67 bits per heavy atom. The van der Waals surface area contributed by atoms with Crippen LogP contribution in [0.2, 0.25) is 0 Å². The summed E-state index contributed by atoms with van der Waals surface area (Å²) in [5.74, 6) is -0.667. The molecule has 0 saturated carbocycles. The summed E-state index contributed by atoms with van der Waals surface area (Å²) >= 11 is 4.32. The van der Waals surface area contributed by atoms with Crippen molar-refractivity contribution < 1.29 is 14.3 Å². The maximum Gasteiger partial charge on any atom is 0.342 e. The number of carboxylic acids is 1. The molecule has 2 aromatic heterocycles.